The van der Waals surface area contributed by atoms with Crippen molar-refractivity contribution in [2.75, 3.05) is 27.2 Å². The standard InChI is InChI=1S/C23H34N6O3.2C2H6/c1-7-10-19(23(24-4)32-6)26-20(22-25-13-17(3)27(22)5)15-29(16-30)18-11-9-12-28(14-18)21(31)8-2;2*1-2/h8,10,13,15-16,18,26H,2,7,9,11-12,14H2,1,3-6H3;2*1-2H3/b19-10+,20-15+,24-23?;;. The first kappa shape index (κ1) is 32.6. The molecule has 0 radical (unpaired) electrons. The highest BCUT2D eigenvalue weighted by Gasteiger charge is 2.27. The maximum atomic E-state index is 12.1. The van der Waals surface area contributed by atoms with Gasteiger partial charge in [-0.1, -0.05) is 47.3 Å². The fourth-order valence-electron chi connectivity index (χ4n) is 3.65. The van der Waals surface area contributed by atoms with Gasteiger partial charge in [-0.15, -0.1) is 0 Å². The zero-order chi connectivity index (χ0) is 27.7. The molecule has 36 heavy (non-hydrogen) atoms. The number of nitrogens with zero attached hydrogens (tertiary/aromatic N) is 5. The number of ether oxygens (including phenoxy) is 1. The molecule has 1 atom stereocenters. The van der Waals surface area contributed by atoms with Gasteiger partial charge >= 0.3 is 0 Å². The summed E-state index contributed by atoms with van der Waals surface area (Å²) in [6.07, 6.45) is 9.94. The number of hydrogen-bond donors (Lipinski definition) is 1. The van der Waals surface area contributed by atoms with Crippen molar-refractivity contribution in [3.8, 4) is 0 Å². The van der Waals surface area contributed by atoms with Crippen LogP contribution in [-0.4, -0.2) is 70.9 Å². The van der Waals surface area contributed by atoms with E-state index in [1.165, 1.54) is 6.08 Å². The summed E-state index contributed by atoms with van der Waals surface area (Å²) in [5.74, 6) is 0.985. The van der Waals surface area contributed by atoms with Gasteiger partial charge in [0.2, 0.25) is 18.2 Å². The zero-order valence-corrected chi connectivity index (χ0v) is 23.7. The fourth-order valence-corrected chi connectivity index (χ4v) is 3.65. The van der Waals surface area contributed by atoms with Crippen molar-refractivity contribution < 1.29 is 14.3 Å². The lowest BCUT2D eigenvalue weighted by Crippen LogP contribution is -2.47. The number of aryl methyl sites for hydroxylation is 1. The van der Waals surface area contributed by atoms with Crippen molar-refractivity contribution in [3.05, 3.63) is 48.3 Å². The number of nitrogens with one attached hydrogen (secondary N) is 1. The monoisotopic (exact) mass is 502 g/mol. The molecule has 0 bridgehead atoms. The van der Waals surface area contributed by atoms with Crippen molar-refractivity contribution in [3.63, 3.8) is 0 Å². The van der Waals surface area contributed by atoms with Gasteiger partial charge in [0.1, 0.15) is 0 Å². The Labute approximate surface area is 217 Å². The lowest BCUT2D eigenvalue weighted by atomic mass is 10.0. The number of piperidine rings is 1. The number of amides is 2. The normalized spacial score (nSPS) is 16.1. The van der Waals surface area contributed by atoms with Crippen LogP contribution in [0.1, 0.15) is 65.4 Å². The van der Waals surface area contributed by atoms with Crippen LogP contribution < -0.4 is 5.32 Å². The molecule has 0 aliphatic carbocycles. The van der Waals surface area contributed by atoms with Crippen LogP contribution in [0.5, 0.6) is 0 Å². The minimum atomic E-state index is -0.149. The zero-order valence-electron chi connectivity index (χ0n) is 23.7. The largest absolute Gasteiger partial charge is 0.480 e. The fraction of sp³-hybridized carbons (Fsp3) is 0.556. The van der Waals surface area contributed by atoms with Crippen LogP contribution in [0, 0.1) is 6.92 Å². The molecule has 0 spiro atoms. The van der Waals surface area contributed by atoms with E-state index in [2.05, 4.69) is 21.9 Å². The van der Waals surface area contributed by atoms with E-state index in [1.54, 1.807) is 36.4 Å². The van der Waals surface area contributed by atoms with Gasteiger partial charge in [0.25, 0.3) is 0 Å². The van der Waals surface area contributed by atoms with E-state index >= 15 is 0 Å². The average Bonchev–Trinajstić information content (AvgIpc) is 3.26. The molecule has 1 N–H and O–H groups in total. The van der Waals surface area contributed by atoms with Crippen molar-refractivity contribution in [1.29, 1.82) is 0 Å². The van der Waals surface area contributed by atoms with Crippen molar-refractivity contribution >= 4 is 23.9 Å². The van der Waals surface area contributed by atoms with E-state index in [-0.39, 0.29) is 11.9 Å². The van der Waals surface area contributed by atoms with E-state index < -0.39 is 0 Å². The number of hydrogen-bond acceptors (Lipinski definition) is 6. The third-order valence-electron chi connectivity index (χ3n) is 5.47. The number of likely N-dealkylation sites (tertiary alicyclic amines) is 1. The second-order valence-electron chi connectivity index (χ2n) is 7.55. The predicted octanol–water partition coefficient (Wildman–Crippen LogP) is 4.27. The SMILES string of the molecule is C=CC(=O)N1CCCC(N(C=O)/C=C(/N/C(=C/CC)C(=NC)OC)c2ncc(C)n2C)C1.CC.CC. The van der Waals surface area contributed by atoms with Gasteiger partial charge in [-0.2, -0.15) is 0 Å². The number of aliphatic imine (C=N–C) groups is 1. The minimum Gasteiger partial charge on any atom is -0.480 e. The number of carbonyl (C=O) groups excluding carboxylic acids is 2. The molecule has 1 fully saturated rings. The minimum absolute atomic E-state index is 0.125. The second-order valence-corrected chi connectivity index (χ2v) is 7.55. The van der Waals surface area contributed by atoms with E-state index in [9.17, 15) is 9.59 Å². The lowest BCUT2D eigenvalue weighted by molar-refractivity contribution is -0.129. The molecule has 9 heteroatoms. The first-order chi connectivity index (χ1) is 17.4. The van der Waals surface area contributed by atoms with Gasteiger partial charge in [0, 0.05) is 45.3 Å². The highest BCUT2D eigenvalue weighted by atomic mass is 16.5. The summed E-state index contributed by atoms with van der Waals surface area (Å²) >= 11 is 0. The molecule has 2 heterocycles. The third-order valence-corrected chi connectivity index (χ3v) is 5.47. The quantitative estimate of drug-likeness (QED) is 0.236. The van der Waals surface area contributed by atoms with E-state index in [0.717, 1.165) is 31.4 Å². The van der Waals surface area contributed by atoms with Crippen LogP contribution in [0.4, 0.5) is 0 Å². The predicted molar refractivity (Wildman–Crippen MR) is 148 cm³/mol. The van der Waals surface area contributed by atoms with Gasteiger partial charge in [0.15, 0.2) is 5.82 Å². The number of methoxy groups -OCH3 is 1. The van der Waals surface area contributed by atoms with Crippen LogP contribution in [0.2, 0.25) is 0 Å². The maximum absolute atomic E-state index is 12.1. The average molecular weight is 503 g/mol. The Kier molecular flexibility index (Phi) is 16.3. The Morgan fingerprint density at radius 1 is 1.36 bits per heavy atom. The van der Waals surface area contributed by atoms with Gasteiger partial charge in [-0.05, 0) is 32.3 Å². The Morgan fingerprint density at radius 2 is 2.03 bits per heavy atom. The van der Waals surface area contributed by atoms with Crippen molar-refractivity contribution in [2.24, 2.45) is 12.0 Å². The molecule has 1 aromatic heterocycles. The van der Waals surface area contributed by atoms with Crippen molar-refractivity contribution in [2.45, 2.75) is 66.8 Å². The number of carbonyl (C=O) groups is 2. The second kappa shape index (κ2) is 18.0. The molecule has 1 aliphatic heterocycles. The Bertz CT molecular complexity index is 917. The lowest BCUT2D eigenvalue weighted by Gasteiger charge is -2.36. The summed E-state index contributed by atoms with van der Waals surface area (Å²) < 4.78 is 7.35. The molecule has 2 amide bonds. The van der Waals surface area contributed by atoms with Crippen LogP contribution >= 0.6 is 0 Å². The molecule has 1 saturated heterocycles. The summed E-state index contributed by atoms with van der Waals surface area (Å²) in [6.45, 7) is 16.7. The summed E-state index contributed by atoms with van der Waals surface area (Å²) in [4.78, 5) is 36.3. The van der Waals surface area contributed by atoms with Gasteiger partial charge in [-0.25, -0.2) is 4.98 Å². The van der Waals surface area contributed by atoms with Crippen LogP contribution in [0.15, 0.2) is 41.8 Å². The van der Waals surface area contributed by atoms with Crippen LogP contribution in [-0.2, 0) is 21.4 Å². The molecule has 1 aromatic rings. The smallest absolute Gasteiger partial charge is 0.246 e. The van der Waals surface area contributed by atoms with Crippen molar-refractivity contribution in [1.82, 2.24) is 24.7 Å². The first-order valence-corrected chi connectivity index (χ1v) is 12.7. The van der Waals surface area contributed by atoms with Gasteiger partial charge in [0.05, 0.1) is 24.5 Å². The van der Waals surface area contributed by atoms with E-state index in [4.69, 9.17) is 4.74 Å². The van der Waals surface area contributed by atoms with Gasteiger partial charge in [-0.3, -0.25) is 14.6 Å². The maximum Gasteiger partial charge on any atom is 0.246 e. The molecular formula is C27H46N6O3. The number of aromatic nitrogens is 2. The third kappa shape index (κ3) is 9.02. The number of allylic oxidation sites excluding steroid dienone is 1. The topological polar surface area (TPSA) is 92.1 Å². The number of imidazole rings is 1. The summed E-state index contributed by atoms with van der Waals surface area (Å²) in [5.41, 5.74) is 2.28. The molecule has 2 rings (SSSR count). The number of rotatable bonds is 9. The molecule has 0 saturated carbocycles. The molecule has 0 aromatic carbocycles. The van der Waals surface area contributed by atoms with Gasteiger partial charge < -0.3 is 24.4 Å². The Balaban J connectivity index is 0.00000291. The van der Waals surface area contributed by atoms with E-state index in [1.807, 2.05) is 59.2 Å². The summed E-state index contributed by atoms with van der Waals surface area (Å²) in [5, 5.41) is 3.36. The van der Waals surface area contributed by atoms with Crippen LogP contribution in [0.25, 0.3) is 5.70 Å². The molecule has 9 nitrogen and oxygen atoms in total. The summed E-state index contributed by atoms with van der Waals surface area (Å²) in [7, 11) is 5.13. The van der Waals surface area contributed by atoms with Crippen LogP contribution in [0.3, 0.4) is 0 Å². The molecule has 1 unspecified atom stereocenters. The molecule has 202 valence electrons. The highest BCUT2D eigenvalue weighted by molar-refractivity contribution is 5.94. The molecule has 1 aliphatic rings. The Morgan fingerprint density at radius 3 is 2.50 bits per heavy atom. The summed E-state index contributed by atoms with van der Waals surface area (Å²) in [6, 6.07) is -0.149. The molecular weight excluding hydrogens is 456 g/mol. The Hall–Kier alpha value is -3.36. The highest BCUT2D eigenvalue weighted by Crippen LogP contribution is 2.20. The first-order valence-electron chi connectivity index (χ1n) is 12.7. The van der Waals surface area contributed by atoms with E-state index in [0.29, 0.717) is 36.2 Å².